The molecule has 25 heavy (non-hydrogen) atoms. The van der Waals surface area contributed by atoms with E-state index in [0.29, 0.717) is 11.3 Å². The molecular weight excluding hydrogens is 380 g/mol. The van der Waals surface area contributed by atoms with Crippen LogP contribution in [0.1, 0.15) is 10.4 Å². The van der Waals surface area contributed by atoms with E-state index in [0.717, 1.165) is 21.4 Å². The number of fused-ring (bicyclic) bond motifs is 1. The molecule has 1 aromatic carbocycles. The number of anilines is 1. The number of aromatic nitrogens is 3. The van der Waals surface area contributed by atoms with Crippen LogP contribution in [-0.4, -0.2) is 20.3 Å². The summed E-state index contributed by atoms with van der Waals surface area (Å²) in [6.45, 7) is 0. The molecule has 0 aliphatic heterocycles. The highest BCUT2D eigenvalue weighted by Crippen LogP contribution is 2.22. The molecule has 0 aliphatic rings. The Morgan fingerprint density at radius 3 is 2.48 bits per heavy atom. The number of hydrogen-bond acceptors (Lipinski definition) is 3. The third-order valence-corrected chi connectivity index (χ3v) is 4.32. The van der Waals surface area contributed by atoms with Gasteiger partial charge in [0.05, 0.1) is 11.4 Å². The second-order valence-electron chi connectivity index (χ2n) is 5.51. The third kappa shape index (κ3) is 3.29. The van der Waals surface area contributed by atoms with Gasteiger partial charge < -0.3 is 9.72 Å². The summed E-state index contributed by atoms with van der Waals surface area (Å²) in [6, 6.07) is 15.1. The van der Waals surface area contributed by atoms with Gasteiger partial charge in [0.2, 0.25) is 0 Å². The molecule has 0 atom stereocenters. The first-order chi connectivity index (χ1) is 12.2. The van der Waals surface area contributed by atoms with Crippen molar-refractivity contribution in [2.45, 2.75) is 0 Å². The monoisotopic (exact) mass is 392 g/mol. The zero-order valence-electron chi connectivity index (χ0n) is 13.1. The zero-order valence-corrected chi connectivity index (χ0v) is 14.6. The highest BCUT2D eigenvalue weighted by atomic mass is 79.9. The number of hydrogen-bond donors (Lipinski definition) is 1. The molecule has 5 nitrogen and oxygen atoms in total. The first-order valence-corrected chi connectivity index (χ1v) is 8.44. The van der Waals surface area contributed by atoms with Crippen molar-refractivity contribution >= 4 is 33.2 Å². The summed E-state index contributed by atoms with van der Waals surface area (Å²) in [4.78, 5) is 20.8. The van der Waals surface area contributed by atoms with Crippen LogP contribution >= 0.6 is 15.9 Å². The molecule has 122 valence electrons. The van der Waals surface area contributed by atoms with Crippen LogP contribution in [0, 0.1) is 0 Å². The van der Waals surface area contributed by atoms with Gasteiger partial charge in [-0.2, -0.15) is 0 Å². The molecule has 6 heteroatoms. The Morgan fingerprint density at radius 1 is 0.960 bits per heavy atom. The van der Waals surface area contributed by atoms with E-state index in [-0.39, 0.29) is 5.91 Å². The molecule has 0 bridgehead atoms. The molecule has 4 rings (SSSR count). The maximum absolute atomic E-state index is 12.2. The maximum Gasteiger partial charge on any atom is 0.255 e. The first kappa shape index (κ1) is 15.5. The SMILES string of the molecule is O=C(Nc1ccc2nc(-c3ccc(Br)cc3)cn2c1)c1ccncc1. The Bertz CT molecular complexity index is 1040. The molecule has 1 amide bonds. The Balaban J connectivity index is 1.62. The van der Waals surface area contributed by atoms with E-state index in [1.807, 2.05) is 53.2 Å². The lowest BCUT2D eigenvalue weighted by Gasteiger charge is -2.05. The fourth-order valence-corrected chi connectivity index (χ4v) is 2.80. The summed E-state index contributed by atoms with van der Waals surface area (Å²) in [5.41, 5.74) is 4.00. The van der Waals surface area contributed by atoms with Crippen molar-refractivity contribution < 1.29 is 4.79 Å². The lowest BCUT2D eigenvalue weighted by atomic mass is 10.2. The lowest BCUT2D eigenvalue weighted by molar-refractivity contribution is 0.102. The van der Waals surface area contributed by atoms with Crippen LogP contribution in [0.2, 0.25) is 0 Å². The van der Waals surface area contributed by atoms with E-state index >= 15 is 0 Å². The normalized spacial score (nSPS) is 10.8. The minimum Gasteiger partial charge on any atom is -0.321 e. The number of carbonyl (C=O) groups excluding carboxylic acids is 1. The number of rotatable bonds is 3. The van der Waals surface area contributed by atoms with Gasteiger partial charge in [0.15, 0.2) is 0 Å². The molecule has 3 heterocycles. The minimum absolute atomic E-state index is 0.171. The number of amides is 1. The Labute approximate surface area is 152 Å². The summed E-state index contributed by atoms with van der Waals surface area (Å²) in [7, 11) is 0. The predicted molar refractivity (Wildman–Crippen MR) is 101 cm³/mol. The van der Waals surface area contributed by atoms with Crippen LogP contribution in [0.3, 0.4) is 0 Å². The van der Waals surface area contributed by atoms with Gasteiger partial charge >= 0.3 is 0 Å². The van der Waals surface area contributed by atoms with Crippen LogP contribution in [0.5, 0.6) is 0 Å². The largest absolute Gasteiger partial charge is 0.321 e. The average molecular weight is 393 g/mol. The third-order valence-electron chi connectivity index (χ3n) is 3.79. The van der Waals surface area contributed by atoms with Gasteiger partial charge in [-0.25, -0.2) is 4.98 Å². The van der Waals surface area contributed by atoms with Gasteiger partial charge in [0.25, 0.3) is 5.91 Å². The summed E-state index contributed by atoms with van der Waals surface area (Å²) in [5.74, 6) is -0.171. The molecule has 0 saturated carbocycles. The van der Waals surface area contributed by atoms with Crippen LogP contribution in [0.25, 0.3) is 16.9 Å². The van der Waals surface area contributed by atoms with Crippen molar-refractivity contribution in [1.29, 1.82) is 0 Å². The maximum atomic E-state index is 12.2. The second-order valence-corrected chi connectivity index (χ2v) is 6.42. The van der Waals surface area contributed by atoms with Crippen molar-refractivity contribution in [3.05, 3.63) is 83.4 Å². The molecule has 0 aliphatic carbocycles. The number of halogens is 1. The molecule has 0 fully saturated rings. The van der Waals surface area contributed by atoms with Gasteiger partial charge in [0.1, 0.15) is 5.65 Å². The molecule has 0 saturated heterocycles. The summed E-state index contributed by atoms with van der Waals surface area (Å²) in [5, 5.41) is 2.89. The number of nitrogens with one attached hydrogen (secondary N) is 1. The molecule has 4 aromatic rings. The van der Waals surface area contributed by atoms with Gasteiger partial charge in [-0.15, -0.1) is 0 Å². The number of carbonyl (C=O) groups is 1. The molecule has 0 radical (unpaired) electrons. The Kier molecular flexibility index (Phi) is 4.03. The van der Waals surface area contributed by atoms with Crippen LogP contribution < -0.4 is 5.32 Å². The Morgan fingerprint density at radius 2 is 1.72 bits per heavy atom. The van der Waals surface area contributed by atoms with Gasteiger partial charge in [-0.05, 0) is 36.4 Å². The average Bonchev–Trinajstić information content (AvgIpc) is 3.06. The lowest BCUT2D eigenvalue weighted by Crippen LogP contribution is -2.12. The van der Waals surface area contributed by atoms with Crippen LogP contribution in [-0.2, 0) is 0 Å². The molecule has 1 N–H and O–H groups in total. The fraction of sp³-hybridized carbons (Fsp3) is 0. The van der Waals surface area contributed by atoms with E-state index < -0.39 is 0 Å². The van der Waals surface area contributed by atoms with Gasteiger partial charge in [-0.3, -0.25) is 9.78 Å². The smallest absolute Gasteiger partial charge is 0.255 e. The van der Waals surface area contributed by atoms with E-state index in [2.05, 4.69) is 31.2 Å². The highest BCUT2D eigenvalue weighted by Gasteiger charge is 2.08. The first-order valence-electron chi connectivity index (χ1n) is 7.65. The van der Waals surface area contributed by atoms with E-state index in [9.17, 15) is 4.79 Å². The van der Waals surface area contributed by atoms with Crippen LogP contribution in [0.4, 0.5) is 5.69 Å². The predicted octanol–water partition coefficient (Wildman–Crippen LogP) is 4.41. The molecule has 0 unspecified atom stereocenters. The quantitative estimate of drug-likeness (QED) is 0.561. The van der Waals surface area contributed by atoms with Gasteiger partial charge in [-0.1, -0.05) is 28.1 Å². The van der Waals surface area contributed by atoms with E-state index in [1.165, 1.54) is 0 Å². The summed E-state index contributed by atoms with van der Waals surface area (Å²) >= 11 is 3.43. The van der Waals surface area contributed by atoms with E-state index in [4.69, 9.17) is 0 Å². The van der Waals surface area contributed by atoms with E-state index in [1.54, 1.807) is 24.5 Å². The number of imidazole rings is 1. The van der Waals surface area contributed by atoms with Crippen molar-refractivity contribution in [1.82, 2.24) is 14.4 Å². The minimum atomic E-state index is -0.171. The second kappa shape index (κ2) is 6.49. The van der Waals surface area contributed by atoms with Crippen molar-refractivity contribution in [2.24, 2.45) is 0 Å². The topological polar surface area (TPSA) is 59.3 Å². The fourth-order valence-electron chi connectivity index (χ4n) is 2.53. The van der Waals surface area contributed by atoms with Crippen molar-refractivity contribution in [2.75, 3.05) is 5.32 Å². The highest BCUT2D eigenvalue weighted by molar-refractivity contribution is 9.10. The number of pyridine rings is 2. The van der Waals surface area contributed by atoms with Crippen molar-refractivity contribution in [3.8, 4) is 11.3 Å². The van der Waals surface area contributed by atoms with Gasteiger partial charge in [0, 0.05) is 40.4 Å². The van der Waals surface area contributed by atoms with Crippen molar-refractivity contribution in [3.63, 3.8) is 0 Å². The number of benzene rings is 1. The Hall–Kier alpha value is -2.99. The molecule has 3 aromatic heterocycles. The zero-order chi connectivity index (χ0) is 17.2. The molecular formula is C19H13BrN4O. The standard InChI is InChI=1S/C19H13BrN4O/c20-15-3-1-13(2-4-15)17-12-24-11-16(5-6-18(24)23-17)22-19(25)14-7-9-21-10-8-14/h1-12H,(H,22,25). The molecule has 0 spiro atoms. The summed E-state index contributed by atoms with van der Waals surface area (Å²) in [6.07, 6.45) is 6.99. The van der Waals surface area contributed by atoms with Crippen LogP contribution in [0.15, 0.2) is 77.8 Å². The number of nitrogens with zero attached hydrogens (tertiary/aromatic N) is 3. The summed E-state index contributed by atoms with van der Waals surface area (Å²) < 4.78 is 2.93.